The minimum atomic E-state index is -3.56. The molecule has 0 spiro atoms. The molecule has 1 saturated heterocycles. The topological polar surface area (TPSA) is 76.2 Å². The van der Waals surface area contributed by atoms with Crippen LogP contribution in [0.1, 0.15) is 50.7 Å². The predicted octanol–water partition coefficient (Wildman–Crippen LogP) is 4.28. The van der Waals surface area contributed by atoms with Gasteiger partial charge in [-0.05, 0) is 61.1 Å². The fraction of sp³-hybridized carbons (Fsp3) is 0.500. The Morgan fingerprint density at radius 1 is 1.03 bits per heavy atom. The van der Waals surface area contributed by atoms with Gasteiger partial charge < -0.3 is 14.4 Å². The summed E-state index contributed by atoms with van der Waals surface area (Å²) in [6.07, 6.45) is 1.04. The van der Waals surface area contributed by atoms with E-state index in [1.807, 2.05) is 42.2 Å². The summed E-state index contributed by atoms with van der Waals surface area (Å²) in [4.78, 5) is 15.4. The van der Waals surface area contributed by atoms with Crippen LogP contribution in [0.25, 0.3) is 0 Å². The SMILES string of the molecule is CCN(Cc1ccc(OC)c(OC)c1)C(=O)C1CCN(S(=O)(=O)c2ccc(C(C)C)cc2)CC1. The molecule has 0 atom stereocenters. The molecule has 8 heteroatoms. The Labute approximate surface area is 203 Å². The second-order valence-corrected chi connectivity index (χ2v) is 10.9. The largest absolute Gasteiger partial charge is 0.493 e. The minimum absolute atomic E-state index is 0.0654. The molecule has 0 saturated carbocycles. The summed E-state index contributed by atoms with van der Waals surface area (Å²) in [6, 6.07) is 12.8. The first-order valence-corrected chi connectivity index (χ1v) is 13.2. The zero-order chi connectivity index (χ0) is 24.9. The number of amides is 1. The van der Waals surface area contributed by atoms with Gasteiger partial charge in [0, 0.05) is 32.1 Å². The van der Waals surface area contributed by atoms with Gasteiger partial charge in [-0.3, -0.25) is 4.79 Å². The van der Waals surface area contributed by atoms with E-state index in [-0.39, 0.29) is 11.8 Å². The van der Waals surface area contributed by atoms with E-state index in [9.17, 15) is 13.2 Å². The average molecular weight is 489 g/mol. The van der Waals surface area contributed by atoms with E-state index in [2.05, 4.69) is 13.8 Å². The van der Waals surface area contributed by atoms with E-state index in [0.29, 0.717) is 61.3 Å². The molecule has 2 aromatic carbocycles. The number of hydrogen-bond donors (Lipinski definition) is 0. The summed E-state index contributed by atoms with van der Waals surface area (Å²) < 4.78 is 38.4. The summed E-state index contributed by atoms with van der Waals surface area (Å²) >= 11 is 0. The Hall–Kier alpha value is -2.58. The third-order valence-corrected chi connectivity index (χ3v) is 8.42. The maximum Gasteiger partial charge on any atom is 0.243 e. The number of benzene rings is 2. The first kappa shape index (κ1) is 26.0. The molecule has 186 valence electrons. The molecule has 0 bridgehead atoms. The van der Waals surface area contributed by atoms with Crippen molar-refractivity contribution in [3.8, 4) is 11.5 Å². The zero-order valence-electron chi connectivity index (χ0n) is 20.8. The van der Waals surface area contributed by atoms with Crippen LogP contribution in [0.5, 0.6) is 11.5 Å². The number of carbonyl (C=O) groups excluding carboxylic acids is 1. The molecule has 3 rings (SSSR count). The van der Waals surface area contributed by atoms with E-state index in [0.717, 1.165) is 11.1 Å². The molecule has 0 radical (unpaired) electrons. The van der Waals surface area contributed by atoms with E-state index >= 15 is 0 Å². The monoisotopic (exact) mass is 488 g/mol. The second-order valence-electron chi connectivity index (χ2n) is 8.94. The van der Waals surface area contributed by atoms with Crippen molar-refractivity contribution in [1.82, 2.24) is 9.21 Å². The molecule has 1 amide bonds. The van der Waals surface area contributed by atoms with Gasteiger partial charge in [0.25, 0.3) is 0 Å². The van der Waals surface area contributed by atoms with Gasteiger partial charge in [0.1, 0.15) is 0 Å². The van der Waals surface area contributed by atoms with Gasteiger partial charge in [-0.1, -0.05) is 32.0 Å². The molecular formula is C26H36N2O5S. The smallest absolute Gasteiger partial charge is 0.243 e. The van der Waals surface area contributed by atoms with Crippen molar-refractivity contribution in [2.75, 3.05) is 33.9 Å². The fourth-order valence-electron chi connectivity index (χ4n) is 4.32. The highest BCUT2D eigenvalue weighted by Crippen LogP contribution is 2.29. The summed E-state index contributed by atoms with van der Waals surface area (Å²) in [5, 5.41) is 0. The van der Waals surface area contributed by atoms with Gasteiger partial charge in [0.05, 0.1) is 19.1 Å². The van der Waals surface area contributed by atoms with Crippen LogP contribution < -0.4 is 9.47 Å². The van der Waals surface area contributed by atoms with E-state index in [1.165, 1.54) is 4.31 Å². The lowest BCUT2D eigenvalue weighted by molar-refractivity contribution is -0.137. The first-order valence-electron chi connectivity index (χ1n) is 11.8. The van der Waals surface area contributed by atoms with Gasteiger partial charge >= 0.3 is 0 Å². The Morgan fingerprint density at radius 2 is 1.65 bits per heavy atom. The highest BCUT2D eigenvalue weighted by atomic mass is 32.2. The van der Waals surface area contributed by atoms with Crippen LogP contribution in [0, 0.1) is 5.92 Å². The second kappa shape index (κ2) is 11.2. The van der Waals surface area contributed by atoms with Crippen LogP contribution in [0.3, 0.4) is 0 Å². The molecule has 1 heterocycles. The van der Waals surface area contributed by atoms with Crippen LogP contribution in [0.4, 0.5) is 0 Å². The van der Waals surface area contributed by atoms with Gasteiger partial charge in [-0.25, -0.2) is 8.42 Å². The normalized spacial score (nSPS) is 15.4. The summed E-state index contributed by atoms with van der Waals surface area (Å²) in [5.74, 6) is 1.50. The molecule has 0 aromatic heterocycles. The number of methoxy groups -OCH3 is 2. The van der Waals surface area contributed by atoms with E-state index in [4.69, 9.17) is 9.47 Å². The lowest BCUT2D eigenvalue weighted by Crippen LogP contribution is -2.44. The van der Waals surface area contributed by atoms with Crippen LogP contribution >= 0.6 is 0 Å². The van der Waals surface area contributed by atoms with Crippen LogP contribution in [0.2, 0.25) is 0 Å². The molecule has 0 aliphatic carbocycles. The van der Waals surface area contributed by atoms with Crippen molar-refractivity contribution in [2.45, 2.75) is 51.0 Å². The van der Waals surface area contributed by atoms with Gasteiger partial charge in [0.15, 0.2) is 11.5 Å². The van der Waals surface area contributed by atoms with Crippen molar-refractivity contribution in [3.05, 3.63) is 53.6 Å². The van der Waals surface area contributed by atoms with E-state index in [1.54, 1.807) is 26.4 Å². The van der Waals surface area contributed by atoms with Crippen LogP contribution in [-0.2, 0) is 21.4 Å². The van der Waals surface area contributed by atoms with Gasteiger partial charge in [-0.2, -0.15) is 4.31 Å². The van der Waals surface area contributed by atoms with Crippen molar-refractivity contribution in [2.24, 2.45) is 5.92 Å². The lowest BCUT2D eigenvalue weighted by Gasteiger charge is -2.33. The Morgan fingerprint density at radius 3 is 2.18 bits per heavy atom. The quantitative estimate of drug-likeness (QED) is 0.527. The maximum absolute atomic E-state index is 13.2. The number of ether oxygens (including phenoxy) is 2. The predicted molar refractivity (Wildman–Crippen MR) is 133 cm³/mol. The number of carbonyl (C=O) groups is 1. The minimum Gasteiger partial charge on any atom is -0.493 e. The molecule has 0 N–H and O–H groups in total. The lowest BCUT2D eigenvalue weighted by atomic mass is 9.96. The van der Waals surface area contributed by atoms with Crippen LogP contribution in [0.15, 0.2) is 47.4 Å². The molecule has 34 heavy (non-hydrogen) atoms. The third-order valence-electron chi connectivity index (χ3n) is 6.50. The number of piperidine rings is 1. The standard InChI is InChI=1S/C26H36N2O5S/c1-6-27(18-20-7-12-24(32-4)25(17-20)33-5)26(29)22-13-15-28(16-14-22)34(30,31)23-10-8-21(9-11-23)19(2)3/h7-12,17,19,22H,6,13-16,18H2,1-5H3. The van der Waals surface area contributed by atoms with Crippen molar-refractivity contribution in [1.29, 1.82) is 0 Å². The molecule has 0 unspecified atom stereocenters. The number of hydrogen-bond acceptors (Lipinski definition) is 5. The summed E-state index contributed by atoms with van der Waals surface area (Å²) in [5.41, 5.74) is 2.06. The molecular weight excluding hydrogens is 452 g/mol. The zero-order valence-corrected chi connectivity index (χ0v) is 21.6. The fourth-order valence-corrected chi connectivity index (χ4v) is 5.79. The number of sulfonamides is 1. The summed E-state index contributed by atoms with van der Waals surface area (Å²) in [7, 11) is -0.382. The highest BCUT2D eigenvalue weighted by molar-refractivity contribution is 7.89. The Kier molecular flexibility index (Phi) is 8.60. The van der Waals surface area contributed by atoms with Gasteiger partial charge in [0.2, 0.25) is 15.9 Å². The van der Waals surface area contributed by atoms with Gasteiger partial charge in [-0.15, -0.1) is 0 Å². The molecule has 1 aliphatic heterocycles. The highest BCUT2D eigenvalue weighted by Gasteiger charge is 2.33. The van der Waals surface area contributed by atoms with Crippen molar-refractivity contribution >= 4 is 15.9 Å². The molecule has 2 aromatic rings. The Bertz CT molecular complexity index is 1070. The Balaban J connectivity index is 1.63. The van der Waals surface area contributed by atoms with E-state index < -0.39 is 10.0 Å². The average Bonchev–Trinajstić information content (AvgIpc) is 2.86. The number of nitrogens with zero attached hydrogens (tertiary/aromatic N) is 2. The first-order chi connectivity index (χ1) is 16.2. The van der Waals surface area contributed by atoms with Crippen molar-refractivity contribution in [3.63, 3.8) is 0 Å². The number of rotatable bonds is 9. The van der Waals surface area contributed by atoms with Crippen molar-refractivity contribution < 1.29 is 22.7 Å². The maximum atomic E-state index is 13.2. The van der Waals surface area contributed by atoms with Crippen LogP contribution in [-0.4, -0.2) is 57.4 Å². The molecule has 1 aliphatic rings. The summed E-state index contributed by atoms with van der Waals surface area (Å²) in [6.45, 7) is 7.85. The molecule has 7 nitrogen and oxygen atoms in total. The molecule has 1 fully saturated rings. The third kappa shape index (κ3) is 5.73.